The van der Waals surface area contributed by atoms with E-state index in [0.717, 1.165) is 11.1 Å². The van der Waals surface area contributed by atoms with Gasteiger partial charge in [0.1, 0.15) is 24.2 Å². The van der Waals surface area contributed by atoms with Gasteiger partial charge in [-0.25, -0.2) is 9.59 Å². The summed E-state index contributed by atoms with van der Waals surface area (Å²) in [5.74, 6) is -1.72. The number of ether oxygens (including phenoxy) is 2. The number of carbonyl (C=O) groups excluding carboxylic acids is 4. The number of rotatable bonds is 11. The van der Waals surface area contributed by atoms with Crippen LogP contribution >= 0.6 is 0 Å². The van der Waals surface area contributed by atoms with Gasteiger partial charge in [0.05, 0.1) is 7.11 Å². The smallest absolute Gasteiger partial charge is 0.408 e. The number of esters is 1. The Morgan fingerprint density at radius 3 is 2.00 bits per heavy atom. The van der Waals surface area contributed by atoms with Crippen LogP contribution in [-0.4, -0.2) is 48.6 Å². The predicted octanol–water partition coefficient (Wildman–Crippen LogP) is 2.49. The molecule has 0 aliphatic heterocycles. The van der Waals surface area contributed by atoms with Crippen molar-refractivity contribution < 1.29 is 28.7 Å². The van der Waals surface area contributed by atoms with E-state index < -0.39 is 41.5 Å². The molecule has 9 heteroatoms. The summed E-state index contributed by atoms with van der Waals surface area (Å²) in [4.78, 5) is 49.8. The highest BCUT2D eigenvalue weighted by Crippen LogP contribution is 2.16. The number of alkyl carbamates (subject to hydrolysis) is 1. The molecular formula is C26H33N3O6. The maximum absolute atomic E-state index is 13.2. The molecule has 188 valence electrons. The molecule has 0 fully saturated rings. The summed E-state index contributed by atoms with van der Waals surface area (Å²) in [6.07, 6.45) is 0.0100. The highest BCUT2D eigenvalue weighted by atomic mass is 16.5. The van der Waals surface area contributed by atoms with Gasteiger partial charge < -0.3 is 25.4 Å². The van der Waals surface area contributed by atoms with Crippen LogP contribution in [0.15, 0.2) is 60.7 Å². The van der Waals surface area contributed by atoms with E-state index in [9.17, 15) is 19.2 Å². The van der Waals surface area contributed by atoms with Crippen LogP contribution in [0.5, 0.6) is 0 Å². The first kappa shape index (κ1) is 27.4. The number of methoxy groups -OCH3 is 1. The fourth-order valence-electron chi connectivity index (χ4n) is 3.25. The third-order valence-corrected chi connectivity index (χ3v) is 5.50. The molecular weight excluding hydrogens is 450 g/mol. The lowest BCUT2D eigenvalue weighted by atomic mass is 9.92. The number of hydrogen-bond acceptors (Lipinski definition) is 6. The molecule has 2 rings (SSSR count). The predicted molar refractivity (Wildman–Crippen MR) is 130 cm³/mol. The van der Waals surface area contributed by atoms with Gasteiger partial charge in [0.25, 0.3) is 0 Å². The average molecular weight is 484 g/mol. The first-order chi connectivity index (χ1) is 16.6. The molecule has 0 saturated carbocycles. The van der Waals surface area contributed by atoms with Gasteiger partial charge >= 0.3 is 12.1 Å². The van der Waals surface area contributed by atoms with Crippen LogP contribution in [-0.2, 0) is 36.9 Å². The molecule has 0 bridgehead atoms. The van der Waals surface area contributed by atoms with Crippen molar-refractivity contribution in [3.8, 4) is 0 Å². The van der Waals surface area contributed by atoms with E-state index in [2.05, 4.69) is 20.7 Å². The minimum Gasteiger partial charge on any atom is -0.467 e. The summed E-state index contributed by atoms with van der Waals surface area (Å²) in [6, 6.07) is 16.9. The standard InChI is InChI=1S/C26H33N3O6/c1-18(22(30)27-19(2)23(31)34-4)28-24(32)26(3,16-15-20-11-7-5-8-12-20)29-25(33)35-17-21-13-9-6-10-14-21/h5-14,18-19H,15-17H2,1-4H3,(H,27,30)(H,28,32)(H,29,33)/t18-,19-,26+/m0/s1. The summed E-state index contributed by atoms with van der Waals surface area (Å²) in [7, 11) is 1.22. The van der Waals surface area contributed by atoms with E-state index in [-0.39, 0.29) is 13.0 Å². The van der Waals surface area contributed by atoms with Crippen molar-refractivity contribution in [3.05, 3.63) is 71.8 Å². The first-order valence-corrected chi connectivity index (χ1v) is 11.4. The van der Waals surface area contributed by atoms with E-state index in [1.165, 1.54) is 21.0 Å². The molecule has 3 N–H and O–H groups in total. The second kappa shape index (κ2) is 13.1. The summed E-state index contributed by atoms with van der Waals surface area (Å²) < 4.78 is 9.91. The van der Waals surface area contributed by atoms with Crippen LogP contribution in [0.2, 0.25) is 0 Å². The van der Waals surface area contributed by atoms with Crippen LogP contribution in [0.25, 0.3) is 0 Å². The van der Waals surface area contributed by atoms with Gasteiger partial charge in [-0.2, -0.15) is 0 Å². The van der Waals surface area contributed by atoms with Crippen molar-refractivity contribution in [2.45, 2.75) is 57.8 Å². The molecule has 3 atom stereocenters. The number of aryl methyl sites for hydroxylation is 1. The Morgan fingerprint density at radius 2 is 1.43 bits per heavy atom. The van der Waals surface area contributed by atoms with Crippen molar-refractivity contribution in [2.24, 2.45) is 0 Å². The maximum Gasteiger partial charge on any atom is 0.408 e. The molecule has 9 nitrogen and oxygen atoms in total. The van der Waals surface area contributed by atoms with Crippen LogP contribution in [0, 0.1) is 0 Å². The topological polar surface area (TPSA) is 123 Å². The van der Waals surface area contributed by atoms with Crippen molar-refractivity contribution in [1.29, 1.82) is 0 Å². The molecule has 35 heavy (non-hydrogen) atoms. The summed E-state index contributed by atoms with van der Waals surface area (Å²) in [5.41, 5.74) is 0.429. The Labute approximate surface area is 205 Å². The zero-order valence-electron chi connectivity index (χ0n) is 20.5. The lowest BCUT2D eigenvalue weighted by Gasteiger charge is -2.30. The first-order valence-electron chi connectivity index (χ1n) is 11.4. The number of hydrogen-bond donors (Lipinski definition) is 3. The Bertz CT molecular complexity index is 999. The van der Waals surface area contributed by atoms with Gasteiger partial charge in [-0.3, -0.25) is 9.59 Å². The molecule has 2 aromatic carbocycles. The molecule has 0 radical (unpaired) electrons. The summed E-state index contributed by atoms with van der Waals surface area (Å²) in [5, 5.41) is 7.78. The molecule has 0 saturated heterocycles. The average Bonchev–Trinajstić information content (AvgIpc) is 2.86. The highest BCUT2D eigenvalue weighted by molar-refractivity contribution is 5.94. The van der Waals surface area contributed by atoms with E-state index in [1.807, 2.05) is 60.7 Å². The van der Waals surface area contributed by atoms with Gasteiger partial charge in [0, 0.05) is 0 Å². The number of benzene rings is 2. The minimum atomic E-state index is -1.37. The third-order valence-electron chi connectivity index (χ3n) is 5.50. The molecule has 0 spiro atoms. The van der Waals surface area contributed by atoms with Crippen molar-refractivity contribution >= 4 is 23.9 Å². The van der Waals surface area contributed by atoms with Crippen LogP contribution in [0.3, 0.4) is 0 Å². The molecule has 0 aromatic heterocycles. The molecule has 0 unspecified atom stereocenters. The van der Waals surface area contributed by atoms with Gasteiger partial charge in [0.15, 0.2) is 0 Å². The van der Waals surface area contributed by atoms with Crippen LogP contribution < -0.4 is 16.0 Å². The van der Waals surface area contributed by atoms with E-state index >= 15 is 0 Å². The van der Waals surface area contributed by atoms with Crippen LogP contribution in [0.1, 0.15) is 38.3 Å². The number of amides is 3. The molecule has 0 aliphatic carbocycles. The second-order valence-electron chi connectivity index (χ2n) is 8.45. The Kier molecular flexibility index (Phi) is 10.3. The summed E-state index contributed by atoms with van der Waals surface area (Å²) in [6.45, 7) is 4.60. The van der Waals surface area contributed by atoms with Gasteiger partial charge in [-0.15, -0.1) is 0 Å². The SMILES string of the molecule is COC(=O)[C@H](C)NC(=O)[C@H](C)NC(=O)[C@@](C)(CCc1ccccc1)NC(=O)OCc1ccccc1. The third kappa shape index (κ3) is 8.77. The van der Waals surface area contributed by atoms with Gasteiger partial charge in [-0.05, 0) is 44.7 Å². The number of nitrogens with one attached hydrogen (secondary N) is 3. The fraction of sp³-hybridized carbons (Fsp3) is 0.385. The Hall–Kier alpha value is -3.88. The normalized spacial score (nSPS) is 13.9. The lowest BCUT2D eigenvalue weighted by molar-refractivity contribution is -0.144. The van der Waals surface area contributed by atoms with E-state index in [1.54, 1.807) is 6.92 Å². The monoisotopic (exact) mass is 483 g/mol. The maximum atomic E-state index is 13.2. The van der Waals surface area contributed by atoms with E-state index in [4.69, 9.17) is 4.74 Å². The molecule has 3 amide bonds. The summed E-state index contributed by atoms with van der Waals surface area (Å²) >= 11 is 0. The van der Waals surface area contributed by atoms with Gasteiger partial charge in [-0.1, -0.05) is 60.7 Å². The quantitative estimate of drug-likeness (QED) is 0.422. The van der Waals surface area contributed by atoms with Crippen molar-refractivity contribution in [2.75, 3.05) is 7.11 Å². The Morgan fingerprint density at radius 1 is 0.857 bits per heavy atom. The van der Waals surface area contributed by atoms with Gasteiger partial charge in [0.2, 0.25) is 11.8 Å². The zero-order chi connectivity index (χ0) is 25.8. The van der Waals surface area contributed by atoms with Crippen molar-refractivity contribution in [1.82, 2.24) is 16.0 Å². The molecule has 0 heterocycles. The molecule has 0 aliphatic rings. The number of carbonyl (C=O) groups is 4. The lowest BCUT2D eigenvalue weighted by Crippen LogP contribution is -2.60. The van der Waals surface area contributed by atoms with Crippen LogP contribution in [0.4, 0.5) is 4.79 Å². The van der Waals surface area contributed by atoms with Crippen molar-refractivity contribution in [3.63, 3.8) is 0 Å². The minimum absolute atomic E-state index is 0.0489. The zero-order valence-corrected chi connectivity index (χ0v) is 20.5. The highest BCUT2D eigenvalue weighted by Gasteiger charge is 2.37. The fourth-order valence-corrected chi connectivity index (χ4v) is 3.25. The Balaban J connectivity index is 2.07. The molecule has 2 aromatic rings. The van der Waals surface area contributed by atoms with E-state index in [0.29, 0.717) is 6.42 Å². The largest absolute Gasteiger partial charge is 0.467 e. The second-order valence-corrected chi connectivity index (χ2v) is 8.45.